The second kappa shape index (κ2) is 5.39. The van der Waals surface area contributed by atoms with E-state index in [2.05, 4.69) is 20.4 Å². The van der Waals surface area contributed by atoms with Gasteiger partial charge in [-0.1, -0.05) is 0 Å². The van der Waals surface area contributed by atoms with Crippen LogP contribution in [0.4, 0.5) is 33.7 Å². The van der Waals surface area contributed by atoms with Gasteiger partial charge in [0.2, 0.25) is 5.95 Å². The van der Waals surface area contributed by atoms with Crippen molar-refractivity contribution in [2.75, 3.05) is 18.1 Å². The Morgan fingerprint density at radius 1 is 1.27 bits per heavy atom. The lowest BCUT2D eigenvalue weighted by Crippen LogP contribution is -2.15. The summed E-state index contributed by atoms with van der Waals surface area (Å²) in [4.78, 5) is 7.04. The van der Waals surface area contributed by atoms with Crippen LogP contribution in [0.5, 0.6) is 0 Å². The van der Waals surface area contributed by atoms with Gasteiger partial charge >= 0.3 is 12.7 Å². The van der Waals surface area contributed by atoms with Gasteiger partial charge < -0.3 is 11.1 Å². The van der Waals surface area contributed by atoms with Crippen molar-refractivity contribution in [2.24, 2.45) is 0 Å². The number of hydrogen-bond donors (Lipinski definition) is 2. The summed E-state index contributed by atoms with van der Waals surface area (Å²) in [6, 6.07) is 0. The first-order valence-corrected chi connectivity index (χ1v) is 5.92. The summed E-state index contributed by atoms with van der Waals surface area (Å²) in [5, 5.41) is 5.75. The van der Waals surface area contributed by atoms with Crippen LogP contribution in [0.3, 0.4) is 0 Å². The van der Waals surface area contributed by atoms with E-state index >= 15 is 0 Å². The zero-order chi connectivity index (χ0) is 16.7. The molecule has 0 saturated carbocycles. The molecule has 0 fully saturated rings. The summed E-state index contributed by atoms with van der Waals surface area (Å²) in [6.45, 7) is -1.68. The zero-order valence-corrected chi connectivity index (χ0v) is 11.4. The molecule has 11 heteroatoms. The molecule has 0 saturated heterocycles. The molecule has 0 aliphatic heterocycles. The van der Waals surface area contributed by atoms with E-state index in [1.54, 1.807) is 0 Å². The largest absolute Gasteiger partial charge is 0.422 e. The normalized spacial score (nSPS) is 12.0. The smallest absolute Gasteiger partial charge is 0.372 e. The number of nitrogens with two attached hydrogens (primary N) is 1. The Balaban J connectivity index is 2.77. The van der Waals surface area contributed by atoms with Crippen LogP contribution in [-0.2, 0) is 6.18 Å². The van der Waals surface area contributed by atoms with Gasteiger partial charge in [-0.2, -0.15) is 32.0 Å². The summed E-state index contributed by atoms with van der Waals surface area (Å²) in [5.74, 6) is -0.962. The third kappa shape index (κ3) is 2.78. The minimum Gasteiger partial charge on any atom is -0.372 e. The van der Waals surface area contributed by atoms with Gasteiger partial charge in [-0.25, -0.2) is 9.67 Å². The van der Waals surface area contributed by atoms with Gasteiger partial charge in [-0.3, -0.25) is 0 Å². The number of aryl methyl sites for hydroxylation is 1. The highest BCUT2D eigenvalue weighted by Crippen LogP contribution is 2.41. The van der Waals surface area contributed by atoms with Gasteiger partial charge in [-0.15, -0.1) is 0 Å². The van der Waals surface area contributed by atoms with Gasteiger partial charge in [-0.05, 0) is 6.92 Å². The predicted octanol–water partition coefficient (Wildman–Crippen LogP) is 2.69. The maximum atomic E-state index is 13.3. The van der Waals surface area contributed by atoms with Crippen LogP contribution in [0.15, 0.2) is 6.20 Å². The molecule has 0 aliphatic rings. The summed E-state index contributed by atoms with van der Waals surface area (Å²) in [6.07, 6.45) is -4.02. The number of anilines is 2. The first-order valence-electron chi connectivity index (χ1n) is 5.92. The van der Waals surface area contributed by atoms with Crippen LogP contribution in [0.2, 0.25) is 0 Å². The number of hydrogen-bond acceptors (Lipinski definition) is 5. The number of alkyl halides is 5. The lowest BCUT2D eigenvalue weighted by molar-refractivity contribution is -0.136. The molecular weight excluding hydrogens is 311 g/mol. The number of nitrogen functional groups attached to an aromatic ring is 1. The molecule has 0 radical (unpaired) electrons. The third-order valence-electron chi connectivity index (χ3n) is 2.82. The van der Waals surface area contributed by atoms with E-state index in [0.717, 1.165) is 6.20 Å². The van der Waals surface area contributed by atoms with Crippen LogP contribution < -0.4 is 11.1 Å². The molecule has 0 amide bonds. The maximum absolute atomic E-state index is 13.3. The molecule has 2 aromatic heterocycles. The second-order valence-corrected chi connectivity index (χ2v) is 4.29. The highest BCUT2D eigenvalue weighted by molar-refractivity contribution is 5.72. The lowest BCUT2D eigenvalue weighted by Gasteiger charge is -2.15. The summed E-state index contributed by atoms with van der Waals surface area (Å²) in [5.41, 5.74) is 3.37. The fourth-order valence-electron chi connectivity index (χ4n) is 1.94. The summed E-state index contributed by atoms with van der Waals surface area (Å²) in [7, 11) is 1.23. The van der Waals surface area contributed by atoms with Gasteiger partial charge in [0, 0.05) is 18.8 Å². The number of aromatic nitrogens is 4. The van der Waals surface area contributed by atoms with E-state index in [-0.39, 0.29) is 15.9 Å². The molecule has 0 atom stereocenters. The molecule has 2 aromatic rings. The Bertz CT molecular complexity index is 693. The van der Waals surface area contributed by atoms with Gasteiger partial charge in [0.1, 0.15) is 11.4 Å². The van der Waals surface area contributed by atoms with E-state index < -0.39 is 35.7 Å². The molecule has 120 valence electrons. The first kappa shape index (κ1) is 15.9. The Morgan fingerprint density at radius 3 is 2.36 bits per heavy atom. The Kier molecular flexibility index (Phi) is 3.90. The van der Waals surface area contributed by atoms with Crippen molar-refractivity contribution < 1.29 is 22.0 Å². The van der Waals surface area contributed by atoms with E-state index in [4.69, 9.17) is 5.73 Å². The second-order valence-electron chi connectivity index (χ2n) is 4.29. The van der Waals surface area contributed by atoms with Crippen molar-refractivity contribution in [3.63, 3.8) is 0 Å². The standard InChI is InChI=1S/C11H11F5N6/c1-4-5(3-22(21-4)9(12)13)7-6(11(14,15)16)8(18-2)20-10(17)19-7/h3,9H,1-2H3,(H3,17,18,19,20). The number of halogens is 5. The predicted molar refractivity (Wildman–Crippen MR) is 68.2 cm³/mol. The van der Waals surface area contributed by atoms with E-state index in [1.165, 1.54) is 14.0 Å². The number of rotatable bonds is 3. The molecule has 22 heavy (non-hydrogen) atoms. The molecular formula is C11H11F5N6. The third-order valence-corrected chi connectivity index (χ3v) is 2.82. The monoisotopic (exact) mass is 322 g/mol. The van der Waals surface area contributed by atoms with Crippen molar-refractivity contribution in [1.29, 1.82) is 0 Å². The van der Waals surface area contributed by atoms with E-state index in [1.807, 2.05) is 0 Å². The zero-order valence-electron chi connectivity index (χ0n) is 11.4. The molecule has 3 N–H and O–H groups in total. The van der Waals surface area contributed by atoms with E-state index in [0.29, 0.717) is 0 Å². The average Bonchev–Trinajstić information content (AvgIpc) is 2.78. The van der Waals surface area contributed by atoms with Crippen LogP contribution >= 0.6 is 0 Å². The van der Waals surface area contributed by atoms with Crippen molar-refractivity contribution >= 4 is 11.8 Å². The minimum absolute atomic E-state index is 0.0362. The van der Waals surface area contributed by atoms with Crippen molar-refractivity contribution in [3.8, 4) is 11.3 Å². The Labute approximate surface area is 121 Å². The molecule has 0 spiro atoms. The SMILES string of the molecule is CNc1nc(N)nc(-c2cn(C(F)F)nc2C)c1C(F)(F)F. The quantitative estimate of drug-likeness (QED) is 0.849. The van der Waals surface area contributed by atoms with Crippen LogP contribution in [0.25, 0.3) is 11.3 Å². The molecule has 6 nitrogen and oxygen atoms in total. The molecule has 0 aliphatic carbocycles. The van der Waals surface area contributed by atoms with Gasteiger partial charge in [0.25, 0.3) is 0 Å². The van der Waals surface area contributed by atoms with Gasteiger partial charge in [0.05, 0.1) is 11.4 Å². The fraction of sp³-hybridized carbons (Fsp3) is 0.364. The van der Waals surface area contributed by atoms with Crippen LogP contribution in [-0.4, -0.2) is 26.8 Å². The van der Waals surface area contributed by atoms with Crippen LogP contribution in [0, 0.1) is 6.92 Å². The highest BCUT2D eigenvalue weighted by atomic mass is 19.4. The topological polar surface area (TPSA) is 81.6 Å². The summed E-state index contributed by atoms with van der Waals surface area (Å²) >= 11 is 0. The summed E-state index contributed by atoms with van der Waals surface area (Å²) < 4.78 is 65.4. The van der Waals surface area contributed by atoms with E-state index in [9.17, 15) is 22.0 Å². The molecule has 0 aromatic carbocycles. The minimum atomic E-state index is -4.80. The Hall–Kier alpha value is -2.46. The molecule has 0 bridgehead atoms. The highest BCUT2D eigenvalue weighted by Gasteiger charge is 2.39. The maximum Gasteiger partial charge on any atom is 0.422 e. The van der Waals surface area contributed by atoms with Crippen LogP contribution in [0.1, 0.15) is 17.8 Å². The first-order chi connectivity index (χ1) is 10.1. The number of nitrogens with zero attached hydrogens (tertiary/aromatic N) is 4. The Morgan fingerprint density at radius 2 is 1.91 bits per heavy atom. The van der Waals surface area contributed by atoms with Crippen molar-refractivity contribution in [2.45, 2.75) is 19.6 Å². The fourth-order valence-corrected chi connectivity index (χ4v) is 1.94. The van der Waals surface area contributed by atoms with Crippen molar-refractivity contribution in [3.05, 3.63) is 17.5 Å². The average molecular weight is 322 g/mol. The number of nitrogens with one attached hydrogen (secondary N) is 1. The van der Waals surface area contributed by atoms with Gasteiger partial charge in [0.15, 0.2) is 0 Å². The molecule has 0 unspecified atom stereocenters. The lowest BCUT2D eigenvalue weighted by atomic mass is 10.1. The molecule has 2 heterocycles. The molecule has 2 rings (SSSR count). The van der Waals surface area contributed by atoms with Crippen molar-refractivity contribution in [1.82, 2.24) is 19.7 Å².